The van der Waals surface area contributed by atoms with Crippen LogP contribution in [0.2, 0.25) is 0 Å². The monoisotopic (exact) mass is 248 g/mol. The third-order valence-electron chi connectivity index (χ3n) is 2.65. The second-order valence-electron chi connectivity index (χ2n) is 3.76. The second-order valence-corrected chi connectivity index (χ2v) is 3.76. The predicted octanol–water partition coefficient (Wildman–Crippen LogP) is 0.430. The molecule has 1 aliphatic heterocycles. The first-order chi connectivity index (χ1) is 8.63. The molecular formula is C12H12N2O4. The number of Topliss-reactive ketones (excluding diaryl/α,β-unsaturated/α-hetero) is 1. The van der Waals surface area contributed by atoms with E-state index >= 15 is 0 Å². The van der Waals surface area contributed by atoms with Crippen molar-refractivity contribution < 1.29 is 19.1 Å². The van der Waals surface area contributed by atoms with Crippen molar-refractivity contribution in [2.75, 3.05) is 20.2 Å². The number of hydrogen-bond donors (Lipinski definition) is 1. The SMILES string of the molecule is COc1ccccc1C(=O)CN1C(=O)CNC1=O. The number of benzene rings is 1. The molecule has 6 heteroatoms. The maximum atomic E-state index is 12.0. The summed E-state index contributed by atoms with van der Waals surface area (Å²) in [7, 11) is 1.46. The molecule has 6 nitrogen and oxygen atoms in total. The number of ether oxygens (including phenoxy) is 1. The normalized spacial score (nSPS) is 14.6. The van der Waals surface area contributed by atoms with Crippen molar-refractivity contribution in [3.63, 3.8) is 0 Å². The maximum Gasteiger partial charge on any atom is 0.325 e. The van der Waals surface area contributed by atoms with Gasteiger partial charge in [0.1, 0.15) is 5.75 Å². The number of urea groups is 1. The number of rotatable bonds is 4. The number of para-hydroxylation sites is 1. The molecule has 18 heavy (non-hydrogen) atoms. The summed E-state index contributed by atoms with van der Waals surface area (Å²) >= 11 is 0. The molecule has 1 heterocycles. The molecule has 1 N–H and O–H groups in total. The number of methoxy groups -OCH3 is 1. The fraction of sp³-hybridized carbons (Fsp3) is 0.250. The Balaban J connectivity index is 2.17. The molecule has 1 fully saturated rings. The molecule has 0 atom stereocenters. The van der Waals surface area contributed by atoms with E-state index in [-0.39, 0.29) is 18.9 Å². The first-order valence-corrected chi connectivity index (χ1v) is 5.38. The summed E-state index contributed by atoms with van der Waals surface area (Å²) < 4.78 is 5.06. The Bertz CT molecular complexity index is 497. The predicted molar refractivity (Wildman–Crippen MR) is 62.4 cm³/mol. The molecule has 2 rings (SSSR count). The highest BCUT2D eigenvalue weighted by Gasteiger charge is 2.30. The number of imide groups is 1. The minimum Gasteiger partial charge on any atom is -0.496 e. The van der Waals surface area contributed by atoms with Crippen LogP contribution < -0.4 is 10.1 Å². The van der Waals surface area contributed by atoms with Crippen LogP contribution in [0, 0.1) is 0 Å². The van der Waals surface area contributed by atoms with Crippen LogP contribution in [0.5, 0.6) is 5.75 Å². The summed E-state index contributed by atoms with van der Waals surface area (Å²) in [5, 5.41) is 2.36. The number of nitrogens with one attached hydrogen (secondary N) is 1. The van der Waals surface area contributed by atoms with E-state index in [0.717, 1.165) is 4.90 Å². The quantitative estimate of drug-likeness (QED) is 0.619. The lowest BCUT2D eigenvalue weighted by atomic mass is 10.1. The average molecular weight is 248 g/mol. The first-order valence-electron chi connectivity index (χ1n) is 5.38. The van der Waals surface area contributed by atoms with Crippen LogP contribution in [0.15, 0.2) is 24.3 Å². The van der Waals surface area contributed by atoms with Gasteiger partial charge in [-0.3, -0.25) is 14.5 Å². The van der Waals surface area contributed by atoms with Gasteiger partial charge in [-0.1, -0.05) is 12.1 Å². The van der Waals surface area contributed by atoms with E-state index in [9.17, 15) is 14.4 Å². The Kier molecular flexibility index (Phi) is 3.27. The zero-order valence-electron chi connectivity index (χ0n) is 9.80. The molecule has 0 saturated carbocycles. The van der Waals surface area contributed by atoms with Crippen LogP contribution in [0.1, 0.15) is 10.4 Å². The van der Waals surface area contributed by atoms with E-state index in [1.807, 2.05) is 0 Å². The molecule has 3 amide bonds. The molecule has 0 radical (unpaired) electrons. The summed E-state index contributed by atoms with van der Waals surface area (Å²) in [6.45, 7) is -0.330. The number of carbonyl (C=O) groups is 3. The summed E-state index contributed by atoms with van der Waals surface area (Å²) in [6.07, 6.45) is 0. The molecule has 1 aromatic carbocycles. The highest BCUT2D eigenvalue weighted by atomic mass is 16.5. The van der Waals surface area contributed by atoms with E-state index in [1.54, 1.807) is 24.3 Å². The summed E-state index contributed by atoms with van der Waals surface area (Å²) in [5.41, 5.74) is 0.354. The van der Waals surface area contributed by atoms with Gasteiger partial charge in [0.2, 0.25) is 5.91 Å². The largest absolute Gasteiger partial charge is 0.496 e. The number of amides is 3. The van der Waals surface area contributed by atoms with Crippen LogP contribution in [-0.4, -0.2) is 42.8 Å². The molecule has 1 saturated heterocycles. The second kappa shape index (κ2) is 4.87. The van der Waals surface area contributed by atoms with E-state index in [0.29, 0.717) is 11.3 Å². The highest BCUT2D eigenvalue weighted by Crippen LogP contribution is 2.18. The lowest BCUT2D eigenvalue weighted by molar-refractivity contribution is -0.124. The van der Waals surface area contributed by atoms with Crippen molar-refractivity contribution in [1.82, 2.24) is 10.2 Å². The Morgan fingerprint density at radius 1 is 1.39 bits per heavy atom. The zero-order valence-corrected chi connectivity index (χ0v) is 9.80. The summed E-state index contributed by atoms with van der Waals surface area (Å²) in [6, 6.07) is 6.15. The number of ketones is 1. The highest BCUT2D eigenvalue weighted by molar-refractivity contribution is 6.08. The van der Waals surface area contributed by atoms with E-state index in [4.69, 9.17) is 4.74 Å². The smallest absolute Gasteiger partial charge is 0.325 e. The number of carbonyl (C=O) groups excluding carboxylic acids is 3. The summed E-state index contributed by atoms with van der Waals surface area (Å²) in [4.78, 5) is 35.6. The average Bonchev–Trinajstić information content (AvgIpc) is 2.70. The van der Waals surface area contributed by atoms with Gasteiger partial charge in [-0.15, -0.1) is 0 Å². The van der Waals surface area contributed by atoms with Crippen molar-refractivity contribution in [3.8, 4) is 5.75 Å². The van der Waals surface area contributed by atoms with E-state index in [1.165, 1.54) is 7.11 Å². The van der Waals surface area contributed by atoms with Crippen LogP contribution in [0.4, 0.5) is 4.79 Å². The van der Waals surface area contributed by atoms with Gasteiger partial charge in [0, 0.05) is 0 Å². The van der Waals surface area contributed by atoms with Gasteiger partial charge in [-0.05, 0) is 12.1 Å². The Morgan fingerprint density at radius 2 is 2.11 bits per heavy atom. The zero-order chi connectivity index (χ0) is 13.1. The van der Waals surface area contributed by atoms with Crippen molar-refractivity contribution in [3.05, 3.63) is 29.8 Å². The summed E-state index contributed by atoms with van der Waals surface area (Å²) in [5.74, 6) is -0.310. The molecule has 1 aliphatic rings. The van der Waals surface area contributed by atoms with Crippen molar-refractivity contribution in [2.24, 2.45) is 0 Å². The molecule has 0 aromatic heterocycles. The van der Waals surface area contributed by atoms with Crippen LogP contribution in [-0.2, 0) is 4.79 Å². The van der Waals surface area contributed by atoms with Crippen molar-refractivity contribution in [1.29, 1.82) is 0 Å². The van der Waals surface area contributed by atoms with Gasteiger partial charge >= 0.3 is 6.03 Å². The van der Waals surface area contributed by atoms with Gasteiger partial charge in [0.15, 0.2) is 5.78 Å². The van der Waals surface area contributed by atoms with Crippen LogP contribution in [0.25, 0.3) is 0 Å². The van der Waals surface area contributed by atoms with Crippen molar-refractivity contribution in [2.45, 2.75) is 0 Å². The lowest BCUT2D eigenvalue weighted by Crippen LogP contribution is -2.35. The first kappa shape index (κ1) is 12.1. The Morgan fingerprint density at radius 3 is 2.72 bits per heavy atom. The Labute approximate surface area is 104 Å². The third-order valence-corrected chi connectivity index (χ3v) is 2.65. The molecule has 0 bridgehead atoms. The fourth-order valence-electron chi connectivity index (χ4n) is 1.72. The topological polar surface area (TPSA) is 75.7 Å². The molecule has 0 aliphatic carbocycles. The fourth-order valence-corrected chi connectivity index (χ4v) is 1.72. The van der Waals surface area contributed by atoms with Crippen molar-refractivity contribution >= 4 is 17.7 Å². The lowest BCUT2D eigenvalue weighted by Gasteiger charge is -2.12. The van der Waals surface area contributed by atoms with Gasteiger partial charge < -0.3 is 10.1 Å². The van der Waals surface area contributed by atoms with E-state index < -0.39 is 11.9 Å². The third kappa shape index (κ3) is 2.17. The minimum atomic E-state index is -0.539. The van der Waals surface area contributed by atoms with Gasteiger partial charge in [0.25, 0.3) is 0 Å². The van der Waals surface area contributed by atoms with Gasteiger partial charge in [0.05, 0.1) is 25.8 Å². The van der Waals surface area contributed by atoms with Gasteiger partial charge in [-0.2, -0.15) is 0 Å². The molecule has 94 valence electrons. The van der Waals surface area contributed by atoms with Gasteiger partial charge in [-0.25, -0.2) is 4.79 Å². The molecular weight excluding hydrogens is 236 g/mol. The molecule has 1 aromatic rings. The van der Waals surface area contributed by atoms with E-state index in [2.05, 4.69) is 5.32 Å². The number of hydrogen-bond acceptors (Lipinski definition) is 4. The molecule has 0 spiro atoms. The maximum absolute atomic E-state index is 12.0. The van der Waals surface area contributed by atoms with Crippen LogP contribution in [0.3, 0.4) is 0 Å². The number of nitrogens with zero attached hydrogens (tertiary/aromatic N) is 1. The van der Waals surface area contributed by atoms with Crippen LogP contribution >= 0.6 is 0 Å². The Hall–Kier alpha value is -2.37. The minimum absolute atomic E-state index is 0.0575. The molecule has 0 unspecified atom stereocenters. The standard InChI is InChI=1S/C12H12N2O4/c1-18-10-5-3-2-4-8(10)9(15)7-14-11(16)6-13-12(14)17/h2-5H,6-7H2,1H3,(H,13,17).